The number of nitrogens with zero attached hydrogens (tertiary/aromatic N) is 1. The summed E-state index contributed by atoms with van der Waals surface area (Å²) >= 11 is 0. The van der Waals surface area contributed by atoms with Gasteiger partial charge in [0.2, 0.25) is 0 Å². The molecule has 2 aromatic carbocycles. The Morgan fingerprint density at radius 1 is 0.867 bits per heavy atom. The van der Waals surface area contributed by atoms with Crippen LogP contribution < -0.4 is 0 Å². The van der Waals surface area contributed by atoms with Gasteiger partial charge in [-0.1, -0.05) is 75.4 Å². The normalized spacial score (nSPS) is 10.8. The first-order valence-corrected chi connectivity index (χ1v) is 10.7. The number of carbonyl (C=O) groups excluding carboxylic acids is 2. The van der Waals surface area contributed by atoms with Crippen LogP contribution in [-0.2, 0) is 16.1 Å². The number of hydrogen-bond acceptors (Lipinski definition) is 4. The molecule has 158 valence electrons. The highest BCUT2D eigenvalue weighted by molar-refractivity contribution is 5.97. The summed E-state index contributed by atoms with van der Waals surface area (Å²) in [5.74, 6) is -0.365. The lowest BCUT2D eigenvalue weighted by Crippen LogP contribution is -2.13. The van der Waals surface area contributed by atoms with Gasteiger partial charge in [0, 0.05) is 11.6 Å². The molecule has 0 N–H and O–H groups in total. The van der Waals surface area contributed by atoms with Crippen LogP contribution in [0, 0.1) is 0 Å². The molecule has 0 fully saturated rings. The van der Waals surface area contributed by atoms with Crippen molar-refractivity contribution in [3.05, 3.63) is 71.9 Å². The second kappa shape index (κ2) is 11.2. The number of unbranched alkanes of at least 4 members (excludes halogenated alkanes) is 5. The first-order valence-electron chi connectivity index (χ1n) is 10.7. The lowest BCUT2D eigenvalue weighted by Gasteiger charge is -2.08. The lowest BCUT2D eigenvalue weighted by atomic mass is 10.1. The average molecular weight is 408 g/mol. The average Bonchev–Trinajstić information content (AvgIpc) is 3.21. The zero-order valence-electron chi connectivity index (χ0n) is 17.5. The number of carbonyl (C=O) groups is 2. The topological polar surface area (TPSA) is 57.5 Å². The molecule has 0 bridgehead atoms. The fraction of sp³-hybridized carbons (Fsp3) is 0.360. The Hall–Kier alpha value is -3.08. The highest BCUT2D eigenvalue weighted by Crippen LogP contribution is 2.19. The van der Waals surface area contributed by atoms with Crippen molar-refractivity contribution in [2.45, 2.75) is 52.1 Å². The highest BCUT2D eigenvalue weighted by Gasteiger charge is 2.14. The van der Waals surface area contributed by atoms with E-state index in [4.69, 9.17) is 9.47 Å². The van der Waals surface area contributed by atoms with Crippen molar-refractivity contribution in [2.24, 2.45) is 0 Å². The summed E-state index contributed by atoms with van der Waals surface area (Å²) in [6, 6.07) is 16.6. The summed E-state index contributed by atoms with van der Waals surface area (Å²) in [6.07, 6.45) is 8.01. The van der Waals surface area contributed by atoms with Gasteiger partial charge in [-0.2, -0.15) is 0 Å². The Morgan fingerprint density at radius 3 is 2.43 bits per heavy atom. The molecule has 0 radical (unpaired) electrons. The van der Waals surface area contributed by atoms with Crippen LogP contribution in [-0.4, -0.2) is 23.2 Å². The van der Waals surface area contributed by atoms with E-state index >= 15 is 0 Å². The van der Waals surface area contributed by atoms with Crippen molar-refractivity contribution in [1.82, 2.24) is 4.57 Å². The summed E-state index contributed by atoms with van der Waals surface area (Å²) in [7, 11) is 0. The number of ether oxygens (including phenoxy) is 2. The van der Waals surface area contributed by atoms with Crippen LogP contribution in [0.2, 0.25) is 0 Å². The lowest BCUT2D eigenvalue weighted by molar-refractivity contribution is 0.0497. The van der Waals surface area contributed by atoms with Gasteiger partial charge in [0.1, 0.15) is 6.61 Å². The second-order valence-corrected chi connectivity index (χ2v) is 7.40. The highest BCUT2D eigenvalue weighted by atomic mass is 16.5. The molecule has 0 aliphatic heterocycles. The largest absolute Gasteiger partial charge is 0.462 e. The zero-order chi connectivity index (χ0) is 21.2. The van der Waals surface area contributed by atoms with Gasteiger partial charge in [-0.25, -0.2) is 9.59 Å². The summed E-state index contributed by atoms with van der Waals surface area (Å²) in [5, 5.41) is 0.860. The van der Waals surface area contributed by atoms with Gasteiger partial charge in [-0.05, 0) is 30.2 Å². The number of aromatic nitrogens is 1. The SMILES string of the molecule is CCCCCCCCOC(=O)c1ccc2ccn(C(=O)OCc3ccccc3)c2c1. The first kappa shape index (κ1) is 21.6. The van der Waals surface area contributed by atoms with Crippen LogP contribution in [0.5, 0.6) is 0 Å². The molecule has 0 unspecified atom stereocenters. The van der Waals surface area contributed by atoms with E-state index in [-0.39, 0.29) is 12.6 Å². The monoisotopic (exact) mass is 407 g/mol. The molecular weight excluding hydrogens is 378 g/mol. The van der Waals surface area contributed by atoms with Gasteiger partial charge >= 0.3 is 12.1 Å². The molecule has 5 nitrogen and oxygen atoms in total. The summed E-state index contributed by atoms with van der Waals surface area (Å²) in [6.45, 7) is 2.81. The van der Waals surface area contributed by atoms with Crippen LogP contribution in [0.3, 0.4) is 0 Å². The minimum absolute atomic E-state index is 0.194. The number of esters is 1. The number of benzene rings is 2. The van der Waals surface area contributed by atoms with Crippen LogP contribution >= 0.6 is 0 Å². The number of rotatable bonds is 10. The van der Waals surface area contributed by atoms with E-state index < -0.39 is 6.09 Å². The molecule has 1 aromatic heterocycles. The van der Waals surface area contributed by atoms with Crippen LogP contribution in [0.4, 0.5) is 4.79 Å². The smallest absolute Gasteiger partial charge is 0.418 e. The molecule has 0 saturated heterocycles. The molecule has 3 aromatic rings. The Morgan fingerprint density at radius 2 is 1.63 bits per heavy atom. The van der Waals surface area contributed by atoms with E-state index in [0.29, 0.717) is 17.7 Å². The van der Waals surface area contributed by atoms with Gasteiger partial charge in [-0.3, -0.25) is 4.57 Å². The maximum Gasteiger partial charge on any atom is 0.418 e. The van der Waals surface area contributed by atoms with Crippen molar-refractivity contribution in [2.75, 3.05) is 6.61 Å². The first-order chi connectivity index (χ1) is 14.7. The molecule has 1 heterocycles. The third-order valence-corrected chi connectivity index (χ3v) is 5.06. The fourth-order valence-corrected chi connectivity index (χ4v) is 3.33. The Bertz CT molecular complexity index is 962. The minimum Gasteiger partial charge on any atom is -0.462 e. The fourth-order valence-electron chi connectivity index (χ4n) is 3.33. The van der Waals surface area contributed by atoms with E-state index in [0.717, 1.165) is 23.8 Å². The van der Waals surface area contributed by atoms with E-state index in [2.05, 4.69) is 6.92 Å². The van der Waals surface area contributed by atoms with Crippen molar-refractivity contribution in [1.29, 1.82) is 0 Å². The predicted molar refractivity (Wildman–Crippen MR) is 118 cm³/mol. The van der Waals surface area contributed by atoms with Crippen molar-refractivity contribution < 1.29 is 19.1 Å². The Balaban J connectivity index is 1.57. The Kier molecular flexibility index (Phi) is 8.07. The number of fused-ring (bicyclic) bond motifs is 1. The van der Waals surface area contributed by atoms with Gasteiger partial charge in [-0.15, -0.1) is 0 Å². The molecule has 0 spiro atoms. The molecule has 3 rings (SSSR count). The predicted octanol–water partition coefficient (Wildman–Crippen LogP) is 6.34. The molecule has 0 atom stereocenters. The maximum atomic E-state index is 12.5. The molecular formula is C25H29NO4. The van der Waals surface area contributed by atoms with E-state index in [9.17, 15) is 9.59 Å². The van der Waals surface area contributed by atoms with Gasteiger partial charge in [0.15, 0.2) is 0 Å². The third kappa shape index (κ3) is 5.96. The van der Waals surface area contributed by atoms with Crippen LogP contribution in [0.15, 0.2) is 60.8 Å². The zero-order valence-corrected chi connectivity index (χ0v) is 17.5. The van der Waals surface area contributed by atoms with Crippen LogP contribution in [0.25, 0.3) is 10.9 Å². The maximum absolute atomic E-state index is 12.5. The quantitative estimate of drug-likeness (QED) is 0.290. The summed E-state index contributed by atoms with van der Waals surface area (Å²) < 4.78 is 12.2. The second-order valence-electron chi connectivity index (χ2n) is 7.40. The molecule has 5 heteroatoms. The summed E-state index contributed by atoms with van der Waals surface area (Å²) in [4.78, 5) is 24.9. The van der Waals surface area contributed by atoms with Gasteiger partial charge in [0.05, 0.1) is 17.7 Å². The molecule has 0 aliphatic rings. The van der Waals surface area contributed by atoms with Crippen LogP contribution in [0.1, 0.15) is 61.4 Å². The molecule has 0 saturated carbocycles. The van der Waals surface area contributed by atoms with Gasteiger partial charge in [0.25, 0.3) is 0 Å². The summed E-state index contributed by atoms with van der Waals surface area (Å²) in [5.41, 5.74) is 1.98. The third-order valence-electron chi connectivity index (χ3n) is 5.06. The van der Waals surface area contributed by atoms with Crippen molar-refractivity contribution >= 4 is 23.0 Å². The van der Waals surface area contributed by atoms with E-state index in [1.54, 1.807) is 18.3 Å². The minimum atomic E-state index is -0.480. The van der Waals surface area contributed by atoms with E-state index in [1.807, 2.05) is 42.5 Å². The van der Waals surface area contributed by atoms with Crippen molar-refractivity contribution in [3.63, 3.8) is 0 Å². The van der Waals surface area contributed by atoms with E-state index in [1.165, 1.54) is 30.3 Å². The standard InChI is InChI=1S/C25H29NO4/c1-2-3-4-5-6-10-17-29-24(27)22-14-13-21-15-16-26(23(21)18-22)25(28)30-19-20-11-8-7-9-12-20/h7-9,11-16,18H,2-6,10,17,19H2,1H3. The molecule has 0 aliphatic carbocycles. The molecule has 30 heavy (non-hydrogen) atoms. The molecule has 0 amide bonds. The van der Waals surface area contributed by atoms with Gasteiger partial charge < -0.3 is 9.47 Å². The number of hydrogen-bond donors (Lipinski definition) is 0. The Labute approximate surface area is 177 Å². The van der Waals surface area contributed by atoms with Crippen molar-refractivity contribution in [3.8, 4) is 0 Å².